The third-order valence-corrected chi connectivity index (χ3v) is 8.01. The van der Waals surface area contributed by atoms with Crippen molar-refractivity contribution < 1.29 is 53.8 Å². The molecule has 16 nitrogen and oxygen atoms in total. The average molecular weight is 791 g/mol. The maximum Gasteiger partial charge on any atom is 0.417 e. The number of hydrogen-bond acceptors (Lipinski definition) is 11. The number of nitrogens with two attached hydrogens (primary N) is 1. The lowest BCUT2D eigenvalue weighted by Gasteiger charge is -2.17. The molecular formula is C31H32F6N8O8S. The van der Waals surface area contributed by atoms with E-state index < -0.39 is 56.2 Å². The molecule has 0 spiro atoms. The quantitative estimate of drug-likeness (QED) is 0.101. The largest absolute Gasteiger partial charge is 0.465 e. The smallest absolute Gasteiger partial charge is 0.417 e. The molecule has 292 valence electrons. The van der Waals surface area contributed by atoms with Crippen LogP contribution in [0.1, 0.15) is 21.5 Å². The van der Waals surface area contributed by atoms with E-state index in [0.717, 1.165) is 31.6 Å². The van der Waals surface area contributed by atoms with Gasteiger partial charge in [-0.05, 0) is 36.4 Å². The van der Waals surface area contributed by atoms with Crippen LogP contribution >= 0.6 is 0 Å². The Bertz CT molecular complexity index is 2380. The van der Waals surface area contributed by atoms with Gasteiger partial charge in [-0.1, -0.05) is 0 Å². The monoisotopic (exact) mass is 790 g/mol. The molecule has 0 aliphatic heterocycles. The molecule has 0 fully saturated rings. The second-order valence-corrected chi connectivity index (χ2v) is 12.9. The van der Waals surface area contributed by atoms with Crippen molar-refractivity contribution in [2.75, 3.05) is 51.4 Å². The Balaban J connectivity index is 0.000000247. The first kappa shape index (κ1) is 41.1. The molecule has 0 bridgehead atoms. The summed E-state index contributed by atoms with van der Waals surface area (Å²) in [7, 11) is 0.0190. The Kier molecular flexibility index (Phi) is 12.3. The van der Waals surface area contributed by atoms with Crippen LogP contribution in [0, 0.1) is 0 Å². The van der Waals surface area contributed by atoms with Crippen molar-refractivity contribution in [2.45, 2.75) is 25.4 Å². The first-order chi connectivity index (χ1) is 25.2. The first-order valence-electron chi connectivity index (χ1n) is 15.2. The molecule has 5 rings (SSSR count). The number of nitrogens with one attached hydrogen (secondary N) is 2. The SMILES string of the molecule is COCCn1nccc1-c1cc(C(=O)OC)c(N)cc1C(F)(F)F.COCCn1nccc1-c1cc2c(=O)n(NS(C)(=O)=O)c(=O)[nH]c2cc1C(F)(F)F. The number of hydrogen-bond donors (Lipinski definition) is 3. The van der Waals surface area contributed by atoms with Gasteiger partial charge in [0, 0.05) is 43.4 Å². The molecule has 23 heteroatoms. The van der Waals surface area contributed by atoms with Gasteiger partial charge >= 0.3 is 24.0 Å². The zero-order valence-corrected chi connectivity index (χ0v) is 29.5. The van der Waals surface area contributed by atoms with Gasteiger partial charge in [-0.3, -0.25) is 14.2 Å². The van der Waals surface area contributed by atoms with Crippen molar-refractivity contribution in [3.05, 3.63) is 86.3 Å². The van der Waals surface area contributed by atoms with Crippen LogP contribution in [-0.4, -0.2) is 84.4 Å². The Hall–Kier alpha value is -5.68. The molecule has 0 saturated heterocycles. The minimum atomic E-state index is -4.81. The third-order valence-electron chi connectivity index (χ3n) is 7.50. The second-order valence-electron chi connectivity index (χ2n) is 11.2. The van der Waals surface area contributed by atoms with Crippen LogP contribution in [0.15, 0.2) is 58.4 Å². The first-order valence-corrected chi connectivity index (χ1v) is 17.1. The summed E-state index contributed by atoms with van der Waals surface area (Å²) >= 11 is 0. The second kappa shape index (κ2) is 16.1. The number of methoxy groups -OCH3 is 3. The molecule has 0 atom stereocenters. The van der Waals surface area contributed by atoms with Crippen molar-refractivity contribution in [3.63, 3.8) is 0 Å². The number of nitrogen functional groups attached to an aromatic ring is 1. The van der Waals surface area contributed by atoms with Crippen LogP contribution < -0.4 is 21.8 Å². The number of halogens is 6. The summed E-state index contributed by atoms with van der Waals surface area (Å²) in [6.07, 6.45) is -6.06. The molecule has 5 aromatic rings. The zero-order chi connectivity index (χ0) is 40.2. The number of carbonyl (C=O) groups excluding carboxylic acids is 1. The topological polar surface area (TPSA) is 207 Å². The molecule has 0 saturated carbocycles. The Morgan fingerprint density at radius 2 is 1.35 bits per heavy atom. The number of esters is 1. The summed E-state index contributed by atoms with van der Waals surface area (Å²) in [5.74, 6) is -0.814. The van der Waals surface area contributed by atoms with Crippen LogP contribution in [-0.2, 0) is 49.7 Å². The molecular weight excluding hydrogens is 758 g/mol. The predicted molar refractivity (Wildman–Crippen MR) is 181 cm³/mol. The summed E-state index contributed by atoms with van der Waals surface area (Å²) < 4.78 is 121. The van der Waals surface area contributed by atoms with Gasteiger partial charge < -0.3 is 24.9 Å². The number of nitrogens with zero attached hydrogens (tertiary/aromatic N) is 5. The predicted octanol–water partition coefficient (Wildman–Crippen LogP) is 3.31. The van der Waals surface area contributed by atoms with Gasteiger partial charge in [-0.15, -0.1) is 0 Å². The van der Waals surface area contributed by atoms with Gasteiger partial charge in [-0.2, -0.15) is 41.2 Å². The summed E-state index contributed by atoms with van der Waals surface area (Å²) in [5.41, 5.74) is 0.0416. The van der Waals surface area contributed by atoms with Gasteiger partial charge in [0.2, 0.25) is 10.0 Å². The van der Waals surface area contributed by atoms with E-state index in [1.165, 1.54) is 48.1 Å². The highest BCUT2D eigenvalue weighted by molar-refractivity contribution is 7.91. The van der Waals surface area contributed by atoms with Crippen molar-refractivity contribution >= 4 is 32.6 Å². The maximum absolute atomic E-state index is 13.7. The molecule has 0 aliphatic rings. The number of fused-ring (bicyclic) bond motifs is 1. The normalized spacial score (nSPS) is 12.0. The number of H-pyrrole nitrogens is 1. The van der Waals surface area contributed by atoms with Crippen molar-refractivity contribution in [1.82, 2.24) is 29.2 Å². The van der Waals surface area contributed by atoms with Gasteiger partial charge in [0.15, 0.2) is 0 Å². The standard InChI is InChI=1S/C16H16F3N5O5S.C15H16F3N3O3/c1-29-6-5-23-13(3-4-20-23)9-7-10-12(8-11(9)16(17,18)19)21-15(26)24(14(10)25)22-30(2,27)28;1-23-6-5-21-13(3-4-20-21)9-7-10(14(22)24-2)12(19)8-11(9)15(16,17)18/h3-4,7-8,22H,5-6H2,1-2H3,(H,21,26);3-4,7-8H,5-6,19H2,1-2H3. The fraction of sp³-hybridized carbons (Fsp3) is 0.323. The Labute approximate surface area is 301 Å². The molecule has 0 radical (unpaired) electrons. The minimum absolute atomic E-state index is 0.0643. The summed E-state index contributed by atoms with van der Waals surface area (Å²) in [6.45, 7) is 0.866. The number of anilines is 1. The molecule has 0 unspecified atom stereocenters. The fourth-order valence-corrected chi connectivity index (χ4v) is 5.64. The van der Waals surface area contributed by atoms with Crippen LogP contribution in [0.3, 0.4) is 0 Å². The van der Waals surface area contributed by atoms with E-state index in [-0.39, 0.29) is 70.1 Å². The number of aromatic nitrogens is 6. The molecule has 3 aromatic heterocycles. The van der Waals surface area contributed by atoms with E-state index in [4.69, 9.17) is 15.2 Å². The average Bonchev–Trinajstić information content (AvgIpc) is 3.76. The lowest BCUT2D eigenvalue weighted by Crippen LogP contribution is -2.43. The number of alkyl halides is 6. The van der Waals surface area contributed by atoms with Crippen LogP contribution in [0.4, 0.5) is 32.0 Å². The number of carbonyl (C=O) groups is 1. The summed E-state index contributed by atoms with van der Waals surface area (Å²) in [4.78, 5) is 40.3. The number of aromatic amines is 1. The van der Waals surface area contributed by atoms with Crippen molar-refractivity contribution in [2.24, 2.45) is 0 Å². The van der Waals surface area contributed by atoms with E-state index in [1.807, 2.05) is 0 Å². The van der Waals surface area contributed by atoms with E-state index in [2.05, 4.69) is 19.9 Å². The minimum Gasteiger partial charge on any atom is -0.465 e. The van der Waals surface area contributed by atoms with E-state index in [9.17, 15) is 49.1 Å². The lowest BCUT2D eigenvalue weighted by molar-refractivity contribution is -0.137. The molecule has 3 heterocycles. The van der Waals surface area contributed by atoms with Crippen LogP contribution in [0.5, 0.6) is 0 Å². The molecule has 0 aliphatic carbocycles. The van der Waals surface area contributed by atoms with Crippen molar-refractivity contribution in [1.29, 1.82) is 0 Å². The third kappa shape index (κ3) is 9.27. The molecule has 4 N–H and O–H groups in total. The summed E-state index contributed by atoms with van der Waals surface area (Å²) in [6, 6.07) is 6.14. The molecule has 0 amide bonds. The van der Waals surface area contributed by atoms with Gasteiger partial charge in [0.1, 0.15) is 0 Å². The van der Waals surface area contributed by atoms with Crippen LogP contribution in [0.2, 0.25) is 0 Å². The van der Waals surface area contributed by atoms with Crippen LogP contribution in [0.25, 0.3) is 33.4 Å². The number of benzene rings is 2. The number of ether oxygens (including phenoxy) is 3. The van der Waals surface area contributed by atoms with Gasteiger partial charge in [0.05, 0.1) is 78.6 Å². The fourth-order valence-electron chi connectivity index (χ4n) is 5.14. The Morgan fingerprint density at radius 3 is 1.81 bits per heavy atom. The van der Waals surface area contributed by atoms with E-state index in [0.29, 0.717) is 6.07 Å². The highest BCUT2D eigenvalue weighted by Crippen LogP contribution is 2.40. The highest BCUT2D eigenvalue weighted by Gasteiger charge is 2.37. The maximum atomic E-state index is 13.7. The molecule has 54 heavy (non-hydrogen) atoms. The van der Waals surface area contributed by atoms with E-state index >= 15 is 0 Å². The van der Waals surface area contributed by atoms with Gasteiger partial charge in [0.25, 0.3) is 5.56 Å². The summed E-state index contributed by atoms with van der Waals surface area (Å²) in [5, 5.41) is 7.64. The molecule has 2 aromatic carbocycles. The van der Waals surface area contributed by atoms with Gasteiger partial charge in [-0.25, -0.2) is 22.8 Å². The Morgan fingerprint density at radius 1 is 0.852 bits per heavy atom. The van der Waals surface area contributed by atoms with Crippen molar-refractivity contribution in [3.8, 4) is 22.5 Å². The lowest BCUT2D eigenvalue weighted by atomic mass is 9.99. The zero-order valence-electron chi connectivity index (χ0n) is 28.7. The van der Waals surface area contributed by atoms with E-state index in [1.54, 1.807) is 4.83 Å². The number of rotatable bonds is 11. The number of sulfonamides is 1. The highest BCUT2D eigenvalue weighted by atomic mass is 32.2.